The molecule has 1 aliphatic heterocycles. The molecule has 5 heteroatoms. The van der Waals surface area contributed by atoms with Crippen molar-refractivity contribution in [2.24, 2.45) is 17.3 Å². The van der Waals surface area contributed by atoms with E-state index < -0.39 is 17.6 Å². The highest BCUT2D eigenvalue weighted by Gasteiger charge is 2.60. The van der Waals surface area contributed by atoms with E-state index in [0.717, 1.165) is 17.6 Å². The van der Waals surface area contributed by atoms with Crippen LogP contribution in [0.25, 0.3) is 0 Å². The van der Waals surface area contributed by atoms with Crippen LogP contribution in [0.15, 0.2) is 11.1 Å². The lowest BCUT2D eigenvalue weighted by Crippen LogP contribution is -2.52. The van der Waals surface area contributed by atoms with Gasteiger partial charge in [-0.05, 0) is 25.8 Å². The van der Waals surface area contributed by atoms with Gasteiger partial charge in [-0.2, -0.15) is 0 Å². The predicted molar refractivity (Wildman–Crippen MR) is 77.8 cm³/mol. The molecule has 1 saturated heterocycles. The summed E-state index contributed by atoms with van der Waals surface area (Å²) in [6.45, 7) is 7.09. The zero-order chi connectivity index (χ0) is 16.2. The highest BCUT2D eigenvalue weighted by Crippen LogP contribution is 2.54. The SMILES string of the molecule is CC(=O)O[C@H]1C[C@@]2(C)C(=O)CCC(C)=C2[C@H]2OC(=O)[C@@H](C)[C@H]12. The van der Waals surface area contributed by atoms with Crippen LogP contribution in [0.5, 0.6) is 0 Å². The molecule has 0 amide bonds. The van der Waals surface area contributed by atoms with Gasteiger partial charge in [0.25, 0.3) is 0 Å². The van der Waals surface area contributed by atoms with Gasteiger partial charge in [0.2, 0.25) is 0 Å². The molecule has 0 spiro atoms. The van der Waals surface area contributed by atoms with Gasteiger partial charge in [0.05, 0.1) is 17.3 Å². The Hall–Kier alpha value is -1.65. The Bertz CT molecular complexity index is 590. The molecule has 0 radical (unpaired) electrons. The first kappa shape index (κ1) is 15.3. The number of Topliss-reactive ketones (excluding diaryl/α,β-unsaturated/α-hetero) is 1. The Morgan fingerprint density at radius 2 is 2.00 bits per heavy atom. The lowest BCUT2D eigenvalue weighted by molar-refractivity contribution is -0.158. The molecule has 2 aliphatic carbocycles. The fourth-order valence-electron chi connectivity index (χ4n) is 4.48. The highest BCUT2D eigenvalue weighted by atomic mass is 16.6. The van der Waals surface area contributed by atoms with Gasteiger partial charge < -0.3 is 9.47 Å². The zero-order valence-corrected chi connectivity index (χ0v) is 13.5. The van der Waals surface area contributed by atoms with Crippen molar-refractivity contribution in [1.29, 1.82) is 0 Å². The van der Waals surface area contributed by atoms with E-state index in [1.54, 1.807) is 0 Å². The minimum Gasteiger partial charge on any atom is -0.462 e. The number of ether oxygens (including phenoxy) is 2. The Kier molecular flexibility index (Phi) is 3.42. The number of rotatable bonds is 1. The van der Waals surface area contributed by atoms with Gasteiger partial charge in [-0.15, -0.1) is 0 Å². The van der Waals surface area contributed by atoms with Gasteiger partial charge >= 0.3 is 11.9 Å². The van der Waals surface area contributed by atoms with E-state index >= 15 is 0 Å². The lowest BCUT2D eigenvalue weighted by Gasteiger charge is -2.47. The van der Waals surface area contributed by atoms with Crippen molar-refractivity contribution >= 4 is 17.7 Å². The lowest BCUT2D eigenvalue weighted by atomic mass is 9.58. The van der Waals surface area contributed by atoms with E-state index in [1.165, 1.54) is 6.92 Å². The summed E-state index contributed by atoms with van der Waals surface area (Å²) in [5.41, 5.74) is 1.41. The maximum Gasteiger partial charge on any atom is 0.309 e. The summed E-state index contributed by atoms with van der Waals surface area (Å²) in [7, 11) is 0. The molecule has 1 heterocycles. The zero-order valence-electron chi connectivity index (χ0n) is 13.5. The number of esters is 2. The largest absolute Gasteiger partial charge is 0.462 e. The maximum absolute atomic E-state index is 12.6. The van der Waals surface area contributed by atoms with Crippen molar-refractivity contribution in [3.8, 4) is 0 Å². The third-order valence-electron chi connectivity index (χ3n) is 5.58. The minimum atomic E-state index is -0.687. The predicted octanol–water partition coefficient (Wildman–Crippen LogP) is 2.19. The van der Waals surface area contributed by atoms with E-state index in [4.69, 9.17) is 9.47 Å². The number of carbonyl (C=O) groups is 3. The molecule has 3 rings (SSSR count). The van der Waals surface area contributed by atoms with Crippen LogP contribution in [-0.2, 0) is 23.9 Å². The average molecular weight is 306 g/mol. The Morgan fingerprint density at radius 3 is 2.64 bits per heavy atom. The molecule has 2 fully saturated rings. The van der Waals surface area contributed by atoms with E-state index in [9.17, 15) is 14.4 Å². The second-order valence-electron chi connectivity index (χ2n) is 7.02. The van der Waals surface area contributed by atoms with Crippen molar-refractivity contribution in [2.45, 2.75) is 59.2 Å². The molecule has 0 aromatic carbocycles. The fraction of sp³-hybridized carbons (Fsp3) is 0.706. The quantitative estimate of drug-likeness (QED) is 0.548. The molecule has 5 atom stereocenters. The van der Waals surface area contributed by atoms with Crippen LogP contribution >= 0.6 is 0 Å². The third-order valence-corrected chi connectivity index (χ3v) is 5.58. The van der Waals surface area contributed by atoms with Gasteiger partial charge in [0, 0.05) is 19.8 Å². The number of fused-ring (bicyclic) bond motifs is 3. The Labute approximate surface area is 130 Å². The molecule has 120 valence electrons. The molecule has 0 aromatic rings. The minimum absolute atomic E-state index is 0.152. The van der Waals surface area contributed by atoms with Gasteiger partial charge in [-0.3, -0.25) is 14.4 Å². The Balaban J connectivity index is 2.10. The summed E-state index contributed by atoms with van der Waals surface area (Å²) >= 11 is 0. The summed E-state index contributed by atoms with van der Waals surface area (Å²) in [5, 5.41) is 0. The molecule has 0 bridgehead atoms. The molecule has 1 saturated carbocycles. The number of ketones is 1. The van der Waals surface area contributed by atoms with Crippen molar-refractivity contribution in [3.05, 3.63) is 11.1 Å². The molecular formula is C17H22O5. The number of hydrogen-bond donors (Lipinski definition) is 0. The maximum atomic E-state index is 12.6. The fourth-order valence-corrected chi connectivity index (χ4v) is 4.48. The van der Waals surface area contributed by atoms with Crippen LogP contribution in [0.4, 0.5) is 0 Å². The molecular weight excluding hydrogens is 284 g/mol. The summed E-state index contributed by atoms with van der Waals surface area (Å²) < 4.78 is 11.1. The molecule has 0 aromatic heterocycles. The summed E-state index contributed by atoms with van der Waals surface area (Å²) in [6, 6.07) is 0. The van der Waals surface area contributed by atoms with Crippen LogP contribution < -0.4 is 0 Å². The van der Waals surface area contributed by atoms with Gasteiger partial charge in [-0.25, -0.2) is 0 Å². The number of carbonyl (C=O) groups excluding carboxylic acids is 3. The first-order valence-corrected chi connectivity index (χ1v) is 7.87. The molecule has 5 nitrogen and oxygen atoms in total. The van der Waals surface area contributed by atoms with Crippen LogP contribution in [-0.4, -0.2) is 29.9 Å². The molecule has 0 unspecified atom stereocenters. The van der Waals surface area contributed by atoms with E-state index in [2.05, 4.69) is 0 Å². The normalized spacial score (nSPS) is 40.9. The van der Waals surface area contributed by atoms with Gasteiger partial charge in [0.1, 0.15) is 18.0 Å². The van der Waals surface area contributed by atoms with Crippen LogP contribution in [0.1, 0.15) is 47.0 Å². The monoisotopic (exact) mass is 306 g/mol. The summed E-state index contributed by atoms with van der Waals surface area (Å²) in [4.78, 5) is 36.1. The summed E-state index contributed by atoms with van der Waals surface area (Å²) in [6.07, 6.45) is 0.777. The van der Waals surface area contributed by atoms with E-state index in [0.29, 0.717) is 12.8 Å². The number of allylic oxidation sites excluding steroid dienone is 1. The van der Waals surface area contributed by atoms with Crippen molar-refractivity contribution in [3.63, 3.8) is 0 Å². The van der Waals surface area contributed by atoms with Crippen molar-refractivity contribution < 1.29 is 23.9 Å². The van der Waals surface area contributed by atoms with Crippen LogP contribution in [0.3, 0.4) is 0 Å². The summed E-state index contributed by atoms with van der Waals surface area (Å²) in [5.74, 6) is -1.02. The number of hydrogen-bond acceptors (Lipinski definition) is 5. The molecule has 22 heavy (non-hydrogen) atoms. The van der Waals surface area contributed by atoms with Crippen LogP contribution in [0.2, 0.25) is 0 Å². The average Bonchev–Trinajstić information content (AvgIpc) is 2.70. The highest BCUT2D eigenvalue weighted by molar-refractivity contribution is 5.90. The second kappa shape index (κ2) is 4.93. The Morgan fingerprint density at radius 1 is 1.32 bits per heavy atom. The molecule has 0 N–H and O–H groups in total. The van der Waals surface area contributed by atoms with Crippen molar-refractivity contribution in [2.75, 3.05) is 0 Å². The first-order chi connectivity index (χ1) is 10.3. The van der Waals surface area contributed by atoms with Crippen LogP contribution in [0, 0.1) is 17.3 Å². The van der Waals surface area contributed by atoms with Gasteiger partial charge in [0.15, 0.2) is 0 Å². The molecule has 3 aliphatic rings. The van der Waals surface area contributed by atoms with Gasteiger partial charge in [-0.1, -0.05) is 12.5 Å². The topological polar surface area (TPSA) is 69.7 Å². The smallest absolute Gasteiger partial charge is 0.309 e. The second-order valence-corrected chi connectivity index (χ2v) is 7.02. The standard InChI is InChI=1S/C17H22O5/c1-8-5-6-12(19)17(4)7-11(21-10(3)18)13-9(2)16(20)22-15(13)14(8)17/h9,11,13,15H,5-7H2,1-4H3/t9-,11-,13+,15-,17-/m0/s1. The third kappa shape index (κ3) is 2.02. The van der Waals surface area contributed by atoms with Crippen molar-refractivity contribution in [1.82, 2.24) is 0 Å². The first-order valence-electron chi connectivity index (χ1n) is 7.87. The van der Waals surface area contributed by atoms with E-state index in [1.807, 2.05) is 20.8 Å². The van der Waals surface area contributed by atoms with E-state index in [-0.39, 0.29) is 29.6 Å².